The van der Waals surface area contributed by atoms with Crippen molar-refractivity contribution >= 4 is 6.03 Å². The number of urea groups is 1. The Balaban J connectivity index is 1.68. The molecule has 2 rings (SSSR count). The number of nitrogens with one attached hydrogen (secondary N) is 3. The first kappa shape index (κ1) is 11.7. The molecule has 0 saturated carbocycles. The number of benzene rings is 1. The van der Waals surface area contributed by atoms with Crippen molar-refractivity contribution < 1.29 is 9.90 Å². The van der Waals surface area contributed by atoms with Crippen molar-refractivity contribution in [3.05, 3.63) is 29.8 Å². The number of amides is 2. The Hall–Kier alpha value is -1.75. The van der Waals surface area contributed by atoms with E-state index in [1.165, 1.54) is 0 Å². The first-order valence-corrected chi connectivity index (χ1v) is 5.74. The van der Waals surface area contributed by atoms with E-state index in [0.717, 1.165) is 18.7 Å². The molecule has 2 amide bonds. The number of rotatable bonds is 4. The molecule has 1 fully saturated rings. The van der Waals surface area contributed by atoms with Crippen LogP contribution in [0.5, 0.6) is 5.75 Å². The van der Waals surface area contributed by atoms with Gasteiger partial charge in [-0.25, -0.2) is 4.79 Å². The van der Waals surface area contributed by atoms with Crippen LogP contribution in [0.1, 0.15) is 5.56 Å². The molecule has 92 valence electrons. The van der Waals surface area contributed by atoms with E-state index in [9.17, 15) is 9.90 Å². The molecule has 1 aromatic rings. The van der Waals surface area contributed by atoms with Crippen molar-refractivity contribution in [3.63, 3.8) is 0 Å². The molecule has 5 nitrogen and oxygen atoms in total. The van der Waals surface area contributed by atoms with Gasteiger partial charge in [-0.1, -0.05) is 12.1 Å². The standard InChI is InChI=1S/C12H17N3O2/c16-11-3-1-2-9(4-11)7-14-12(17)15-8-10-5-13-6-10/h1-4,10,13,16H,5-8H2,(H2,14,15,17). The largest absolute Gasteiger partial charge is 0.508 e. The normalized spacial score (nSPS) is 15.1. The van der Waals surface area contributed by atoms with E-state index in [4.69, 9.17) is 0 Å². The Morgan fingerprint density at radius 3 is 2.88 bits per heavy atom. The predicted octanol–water partition coefficient (Wildman–Crippen LogP) is 0.411. The number of aromatic hydroxyl groups is 1. The molecule has 5 heteroatoms. The van der Waals surface area contributed by atoms with Gasteiger partial charge in [-0.05, 0) is 17.7 Å². The second kappa shape index (κ2) is 5.54. The molecule has 0 spiro atoms. The van der Waals surface area contributed by atoms with Crippen molar-refractivity contribution in [1.82, 2.24) is 16.0 Å². The van der Waals surface area contributed by atoms with Crippen LogP contribution >= 0.6 is 0 Å². The Bertz CT molecular complexity index is 391. The summed E-state index contributed by atoms with van der Waals surface area (Å²) in [7, 11) is 0. The van der Waals surface area contributed by atoms with Crippen LogP contribution < -0.4 is 16.0 Å². The van der Waals surface area contributed by atoms with Crippen LogP contribution in [0.25, 0.3) is 0 Å². The van der Waals surface area contributed by atoms with Gasteiger partial charge in [0.2, 0.25) is 0 Å². The maximum atomic E-state index is 11.4. The number of hydrogen-bond acceptors (Lipinski definition) is 3. The van der Waals surface area contributed by atoms with Gasteiger partial charge in [-0.3, -0.25) is 0 Å². The van der Waals surface area contributed by atoms with Gasteiger partial charge in [0.05, 0.1) is 0 Å². The molecular formula is C12H17N3O2. The van der Waals surface area contributed by atoms with Crippen LogP contribution in [0.2, 0.25) is 0 Å². The van der Waals surface area contributed by atoms with Gasteiger partial charge in [0.15, 0.2) is 0 Å². The molecule has 1 heterocycles. The fraction of sp³-hybridized carbons (Fsp3) is 0.417. The molecule has 1 saturated heterocycles. The molecule has 17 heavy (non-hydrogen) atoms. The molecule has 0 aliphatic carbocycles. The van der Waals surface area contributed by atoms with Gasteiger partial charge in [0.25, 0.3) is 0 Å². The molecule has 1 aromatic carbocycles. The average molecular weight is 235 g/mol. The fourth-order valence-corrected chi connectivity index (χ4v) is 1.64. The van der Waals surface area contributed by atoms with Crippen molar-refractivity contribution in [2.75, 3.05) is 19.6 Å². The Kier molecular flexibility index (Phi) is 3.82. The summed E-state index contributed by atoms with van der Waals surface area (Å²) in [5.74, 6) is 0.770. The molecular weight excluding hydrogens is 218 g/mol. The molecule has 1 aliphatic rings. The molecule has 0 radical (unpaired) electrons. The molecule has 0 aromatic heterocycles. The lowest BCUT2D eigenvalue weighted by molar-refractivity contribution is 0.235. The van der Waals surface area contributed by atoms with Gasteiger partial charge in [0, 0.05) is 32.1 Å². The van der Waals surface area contributed by atoms with Gasteiger partial charge < -0.3 is 21.1 Å². The third kappa shape index (κ3) is 3.64. The summed E-state index contributed by atoms with van der Waals surface area (Å²) >= 11 is 0. The third-order valence-corrected chi connectivity index (χ3v) is 2.78. The van der Waals surface area contributed by atoms with Crippen LogP contribution in [-0.4, -0.2) is 30.8 Å². The zero-order chi connectivity index (χ0) is 12.1. The highest BCUT2D eigenvalue weighted by Gasteiger charge is 2.16. The zero-order valence-electron chi connectivity index (χ0n) is 9.57. The van der Waals surface area contributed by atoms with Crippen LogP contribution in [0.3, 0.4) is 0 Å². The van der Waals surface area contributed by atoms with Gasteiger partial charge in [-0.15, -0.1) is 0 Å². The first-order chi connectivity index (χ1) is 8.24. The number of carbonyl (C=O) groups is 1. The van der Waals surface area contributed by atoms with Gasteiger partial charge in [-0.2, -0.15) is 0 Å². The molecule has 4 N–H and O–H groups in total. The topological polar surface area (TPSA) is 73.4 Å². The van der Waals surface area contributed by atoms with E-state index in [2.05, 4.69) is 16.0 Å². The second-order valence-electron chi connectivity index (χ2n) is 4.26. The second-order valence-corrected chi connectivity index (χ2v) is 4.26. The SMILES string of the molecule is O=C(NCc1cccc(O)c1)NCC1CNC1. The van der Waals surface area contributed by atoms with E-state index in [-0.39, 0.29) is 11.8 Å². The molecule has 1 aliphatic heterocycles. The lowest BCUT2D eigenvalue weighted by Gasteiger charge is -2.27. The summed E-state index contributed by atoms with van der Waals surface area (Å²) in [4.78, 5) is 11.4. The monoisotopic (exact) mass is 235 g/mol. The summed E-state index contributed by atoms with van der Waals surface area (Å²) in [5, 5.41) is 18.0. The lowest BCUT2D eigenvalue weighted by Crippen LogP contribution is -2.49. The summed E-state index contributed by atoms with van der Waals surface area (Å²) < 4.78 is 0. The predicted molar refractivity (Wildman–Crippen MR) is 64.7 cm³/mol. The number of hydrogen-bond donors (Lipinski definition) is 4. The maximum absolute atomic E-state index is 11.4. The molecule has 0 atom stereocenters. The third-order valence-electron chi connectivity index (χ3n) is 2.78. The average Bonchev–Trinajstić information content (AvgIpc) is 2.24. The van der Waals surface area contributed by atoms with Crippen LogP contribution in [0.4, 0.5) is 4.79 Å². The van der Waals surface area contributed by atoms with E-state index < -0.39 is 0 Å². The van der Waals surface area contributed by atoms with Crippen molar-refractivity contribution in [2.45, 2.75) is 6.54 Å². The minimum atomic E-state index is -0.166. The quantitative estimate of drug-likeness (QED) is 0.611. The molecule has 0 bridgehead atoms. The highest BCUT2D eigenvalue weighted by molar-refractivity contribution is 5.73. The highest BCUT2D eigenvalue weighted by Crippen LogP contribution is 2.10. The minimum Gasteiger partial charge on any atom is -0.508 e. The van der Waals surface area contributed by atoms with Gasteiger partial charge >= 0.3 is 6.03 Å². The van der Waals surface area contributed by atoms with Crippen molar-refractivity contribution in [1.29, 1.82) is 0 Å². The van der Waals surface area contributed by atoms with Crippen molar-refractivity contribution in [3.8, 4) is 5.75 Å². The van der Waals surface area contributed by atoms with E-state index in [1.807, 2.05) is 6.07 Å². The maximum Gasteiger partial charge on any atom is 0.315 e. The zero-order valence-corrected chi connectivity index (χ0v) is 9.57. The van der Waals surface area contributed by atoms with Crippen LogP contribution in [-0.2, 0) is 6.54 Å². The first-order valence-electron chi connectivity index (χ1n) is 5.74. The number of phenols is 1. The van der Waals surface area contributed by atoms with Crippen molar-refractivity contribution in [2.24, 2.45) is 5.92 Å². The van der Waals surface area contributed by atoms with Crippen LogP contribution in [0.15, 0.2) is 24.3 Å². The Labute approximate surface area is 100 Å². The number of phenolic OH excluding ortho intramolecular Hbond substituents is 1. The summed E-state index contributed by atoms with van der Waals surface area (Å²) in [6, 6.07) is 6.68. The summed E-state index contributed by atoms with van der Waals surface area (Å²) in [6.07, 6.45) is 0. The highest BCUT2D eigenvalue weighted by atomic mass is 16.3. The summed E-state index contributed by atoms with van der Waals surface area (Å²) in [5.41, 5.74) is 0.880. The smallest absolute Gasteiger partial charge is 0.315 e. The minimum absolute atomic E-state index is 0.166. The van der Waals surface area contributed by atoms with E-state index >= 15 is 0 Å². The fourth-order valence-electron chi connectivity index (χ4n) is 1.64. The Morgan fingerprint density at radius 1 is 1.41 bits per heavy atom. The van der Waals surface area contributed by atoms with E-state index in [1.54, 1.807) is 18.2 Å². The lowest BCUT2D eigenvalue weighted by atomic mass is 10.0. The van der Waals surface area contributed by atoms with Gasteiger partial charge in [0.1, 0.15) is 5.75 Å². The molecule has 0 unspecified atom stereocenters. The summed E-state index contributed by atoms with van der Waals surface area (Å²) in [6.45, 7) is 3.09. The van der Waals surface area contributed by atoms with Crippen LogP contribution in [0, 0.1) is 5.92 Å². The van der Waals surface area contributed by atoms with E-state index in [0.29, 0.717) is 19.0 Å². The number of carbonyl (C=O) groups excluding carboxylic acids is 1. The Morgan fingerprint density at radius 2 is 2.24 bits per heavy atom.